The molecule has 2 saturated heterocycles. The molecule has 42 heavy (non-hydrogen) atoms. The molecule has 9 heteroatoms. The Morgan fingerprint density at radius 3 is 2.62 bits per heavy atom. The maximum absolute atomic E-state index is 13.5. The van der Waals surface area contributed by atoms with Crippen molar-refractivity contribution in [3.05, 3.63) is 95.3 Å². The predicted molar refractivity (Wildman–Crippen MR) is 165 cm³/mol. The number of nitrogens with one attached hydrogen (secondary N) is 2. The van der Waals surface area contributed by atoms with E-state index in [0.29, 0.717) is 36.4 Å². The lowest BCUT2D eigenvalue weighted by Gasteiger charge is -2.31. The fourth-order valence-corrected chi connectivity index (χ4v) is 7.36. The fraction of sp³-hybridized carbons (Fsp3) is 0.273. The molecular weight excluding hydrogens is 546 g/mol. The van der Waals surface area contributed by atoms with Crippen LogP contribution in [0.5, 0.6) is 0 Å². The van der Waals surface area contributed by atoms with E-state index in [1.54, 1.807) is 16.2 Å². The van der Waals surface area contributed by atoms with E-state index < -0.39 is 6.04 Å². The molecule has 3 amide bonds. The van der Waals surface area contributed by atoms with Crippen LogP contribution in [-0.2, 0) is 16.0 Å². The molecule has 4 heterocycles. The van der Waals surface area contributed by atoms with Crippen molar-refractivity contribution in [1.29, 1.82) is 0 Å². The van der Waals surface area contributed by atoms with Crippen LogP contribution in [0.15, 0.2) is 79.1 Å². The summed E-state index contributed by atoms with van der Waals surface area (Å²) in [5.74, 6) is 0.170. The van der Waals surface area contributed by atoms with E-state index in [0.717, 1.165) is 63.7 Å². The van der Waals surface area contributed by atoms with Crippen molar-refractivity contribution in [1.82, 2.24) is 15.2 Å². The number of hydrogen-bond acceptors (Lipinski definition) is 6. The first-order chi connectivity index (χ1) is 20.5. The van der Waals surface area contributed by atoms with Crippen LogP contribution in [0.2, 0.25) is 0 Å². The minimum absolute atomic E-state index is 0.144. The lowest BCUT2D eigenvalue weighted by atomic mass is 9.97. The zero-order valence-corrected chi connectivity index (χ0v) is 24.0. The number of allylic oxidation sites excluding steroid dienone is 1. The van der Waals surface area contributed by atoms with E-state index in [1.165, 1.54) is 0 Å². The van der Waals surface area contributed by atoms with Crippen molar-refractivity contribution in [2.24, 2.45) is 0 Å². The lowest BCUT2D eigenvalue weighted by Crippen LogP contribution is -2.51. The van der Waals surface area contributed by atoms with Gasteiger partial charge < -0.3 is 15.5 Å². The first kappa shape index (κ1) is 26.4. The zero-order valence-electron chi connectivity index (χ0n) is 23.1. The van der Waals surface area contributed by atoms with Gasteiger partial charge in [0, 0.05) is 46.7 Å². The van der Waals surface area contributed by atoms with E-state index in [9.17, 15) is 14.4 Å². The van der Waals surface area contributed by atoms with Gasteiger partial charge in [-0.25, -0.2) is 4.98 Å². The second-order valence-corrected chi connectivity index (χ2v) is 12.3. The summed E-state index contributed by atoms with van der Waals surface area (Å²) >= 11 is 1.64. The number of rotatable bonds is 6. The number of likely N-dealkylation sites (tertiary alicyclic amines) is 1. The third-order valence-corrected chi connectivity index (χ3v) is 9.61. The molecule has 0 spiro atoms. The number of piperidine rings is 2. The standard InChI is InChI=1S/C33H31N5O3S/c1-20-10-12-27(31(40)35-20)38-26-13-11-25(23-8-5-9-24(30(23)26)33(38)41)36-28-19-34-32(42-28)22-14-16-37(17-15-22)29(39)18-21-6-3-2-4-7-21/h2-9,11,13,19,22,27,36H,1,10,12,14-18H2,(H,35,40). The van der Waals surface area contributed by atoms with Crippen LogP contribution in [-0.4, -0.2) is 46.7 Å². The Balaban J connectivity index is 1.05. The Labute approximate surface area is 248 Å². The molecule has 2 N–H and O–H groups in total. The van der Waals surface area contributed by atoms with Gasteiger partial charge in [0.1, 0.15) is 11.0 Å². The first-order valence-corrected chi connectivity index (χ1v) is 15.2. The molecule has 0 bridgehead atoms. The van der Waals surface area contributed by atoms with Crippen LogP contribution >= 0.6 is 11.3 Å². The van der Waals surface area contributed by atoms with Gasteiger partial charge in [0.25, 0.3) is 5.91 Å². The van der Waals surface area contributed by atoms with E-state index in [2.05, 4.69) is 17.2 Å². The Bertz CT molecular complexity index is 1720. The maximum Gasteiger partial charge on any atom is 0.259 e. The lowest BCUT2D eigenvalue weighted by molar-refractivity contribution is -0.131. The monoisotopic (exact) mass is 577 g/mol. The average Bonchev–Trinajstić information content (AvgIpc) is 3.58. The van der Waals surface area contributed by atoms with Crippen LogP contribution in [0, 0.1) is 0 Å². The molecule has 212 valence electrons. The summed E-state index contributed by atoms with van der Waals surface area (Å²) < 4.78 is 0. The highest BCUT2D eigenvalue weighted by Gasteiger charge is 2.40. The van der Waals surface area contributed by atoms with Gasteiger partial charge in [0.05, 0.1) is 23.3 Å². The van der Waals surface area contributed by atoms with Crippen molar-refractivity contribution in [3.63, 3.8) is 0 Å². The van der Waals surface area contributed by atoms with Gasteiger partial charge in [0.15, 0.2) is 0 Å². The van der Waals surface area contributed by atoms with Crippen molar-refractivity contribution in [2.75, 3.05) is 23.3 Å². The largest absolute Gasteiger partial charge is 0.345 e. The maximum atomic E-state index is 13.5. The summed E-state index contributed by atoms with van der Waals surface area (Å²) in [6.45, 7) is 5.35. The van der Waals surface area contributed by atoms with Gasteiger partial charge in [-0.05, 0) is 49.4 Å². The molecule has 3 aliphatic rings. The number of carbonyl (C=O) groups is 3. The summed E-state index contributed by atoms with van der Waals surface area (Å²) in [5, 5.41) is 10.1. The van der Waals surface area contributed by atoms with Crippen LogP contribution in [0.1, 0.15) is 52.5 Å². The molecule has 7 rings (SSSR count). The highest BCUT2D eigenvalue weighted by atomic mass is 32.1. The summed E-state index contributed by atoms with van der Waals surface area (Å²) in [7, 11) is 0. The quantitative estimate of drug-likeness (QED) is 0.305. The second kappa shape index (κ2) is 10.7. The molecule has 0 aliphatic carbocycles. The molecule has 1 atom stereocenters. The van der Waals surface area contributed by atoms with E-state index in [-0.39, 0.29) is 17.7 Å². The van der Waals surface area contributed by atoms with E-state index in [1.807, 2.05) is 71.8 Å². The molecule has 3 aliphatic heterocycles. The summed E-state index contributed by atoms with van der Waals surface area (Å²) in [6.07, 6.45) is 5.31. The van der Waals surface area contributed by atoms with Gasteiger partial charge in [-0.15, -0.1) is 11.3 Å². The predicted octanol–water partition coefficient (Wildman–Crippen LogP) is 5.74. The summed E-state index contributed by atoms with van der Waals surface area (Å²) in [5.41, 5.74) is 4.01. The molecule has 0 radical (unpaired) electrons. The molecule has 4 aromatic rings. The number of thiazole rings is 1. The van der Waals surface area contributed by atoms with Gasteiger partial charge in [0.2, 0.25) is 11.8 Å². The Hall–Kier alpha value is -4.50. The van der Waals surface area contributed by atoms with E-state index in [4.69, 9.17) is 4.98 Å². The van der Waals surface area contributed by atoms with Crippen molar-refractivity contribution in [2.45, 2.75) is 44.1 Å². The summed E-state index contributed by atoms with van der Waals surface area (Å²) in [4.78, 5) is 47.4. The Morgan fingerprint density at radius 1 is 1.02 bits per heavy atom. The number of anilines is 3. The smallest absolute Gasteiger partial charge is 0.259 e. The SMILES string of the molecule is C=C1CCC(N2C(=O)c3cccc4c(Nc5cnc(C6CCN(C(=O)Cc7ccccc7)CC6)s5)ccc2c34)C(=O)N1. The first-order valence-electron chi connectivity index (χ1n) is 14.4. The minimum atomic E-state index is -0.554. The number of carbonyl (C=O) groups excluding carboxylic acids is 3. The average molecular weight is 578 g/mol. The minimum Gasteiger partial charge on any atom is -0.345 e. The van der Waals surface area contributed by atoms with Crippen molar-refractivity contribution in [3.8, 4) is 0 Å². The Morgan fingerprint density at radius 2 is 1.83 bits per heavy atom. The van der Waals surface area contributed by atoms with Gasteiger partial charge >= 0.3 is 0 Å². The van der Waals surface area contributed by atoms with Crippen molar-refractivity contribution >= 4 is 56.2 Å². The third kappa shape index (κ3) is 4.73. The summed E-state index contributed by atoms with van der Waals surface area (Å²) in [6, 6.07) is 19.0. The third-order valence-electron chi connectivity index (χ3n) is 8.54. The number of benzene rings is 3. The van der Waals surface area contributed by atoms with Crippen LogP contribution in [0.4, 0.5) is 16.4 Å². The second-order valence-electron chi connectivity index (χ2n) is 11.2. The van der Waals surface area contributed by atoms with Crippen LogP contribution < -0.4 is 15.5 Å². The Kier molecular flexibility index (Phi) is 6.74. The number of hydrogen-bond donors (Lipinski definition) is 2. The van der Waals surface area contributed by atoms with Crippen LogP contribution in [0.25, 0.3) is 10.8 Å². The van der Waals surface area contributed by atoms with Crippen molar-refractivity contribution < 1.29 is 14.4 Å². The topological polar surface area (TPSA) is 94.6 Å². The van der Waals surface area contributed by atoms with Gasteiger partial charge in [-0.3, -0.25) is 19.3 Å². The fourth-order valence-electron chi connectivity index (χ4n) is 6.36. The normalized spacial score (nSPS) is 19.0. The molecule has 0 saturated carbocycles. The molecule has 1 aromatic heterocycles. The highest BCUT2D eigenvalue weighted by Crippen LogP contribution is 2.44. The van der Waals surface area contributed by atoms with Gasteiger partial charge in [-0.1, -0.05) is 49.0 Å². The molecule has 3 aromatic carbocycles. The molecule has 1 unspecified atom stereocenters. The van der Waals surface area contributed by atoms with Gasteiger partial charge in [-0.2, -0.15) is 0 Å². The number of aromatic nitrogens is 1. The molecule has 2 fully saturated rings. The molecular formula is C33H31N5O3S. The highest BCUT2D eigenvalue weighted by molar-refractivity contribution is 7.15. The van der Waals surface area contributed by atoms with E-state index >= 15 is 0 Å². The number of nitrogens with zero attached hydrogens (tertiary/aromatic N) is 3. The van der Waals surface area contributed by atoms with Crippen LogP contribution in [0.3, 0.4) is 0 Å². The zero-order chi connectivity index (χ0) is 28.8. The molecule has 8 nitrogen and oxygen atoms in total. The number of amides is 3.